The van der Waals surface area contributed by atoms with Crippen molar-refractivity contribution in [3.05, 3.63) is 0 Å². The van der Waals surface area contributed by atoms with E-state index in [9.17, 15) is 4.79 Å². The molecule has 0 fully saturated rings. The molecular weight excluding hydrogens is 236 g/mol. The van der Waals surface area contributed by atoms with Crippen LogP contribution in [0.1, 0.15) is 33.6 Å². The van der Waals surface area contributed by atoms with Gasteiger partial charge in [-0.15, -0.1) is 0 Å². The number of nitrogens with two attached hydrogens (primary N) is 1. The number of hydrogen-bond donors (Lipinski definition) is 1. The minimum atomic E-state index is -0.522. The number of carbonyl (C=O) groups excluding carboxylic acids is 1. The molecule has 0 aromatic heterocycles. The second kappa shape index (κ2) is 8.37. The average Bonchev–Trinajstić information content (AvgIpc) is 2.28. The normalized spacial score (nSPS) is 12.9. The SMILES string of the molecule is CCOC(=O)C(N)CCSCCC(C)(C)C#N. The number of ether oxygens (including phenoxy) is 1. The summed E-state index contributed by atoms with van der Waals surface area (Å²) in [6, 6.07) is 1.74. The molecule has 0 heterocycles. The standard InChI is InChI=1S/C12H22N2O2S/c1-4-16-11(15)10(14)5-7-17-8-6-12(2,3)9-13/h10H,4-8,14H2,1-3H3. The predicted octanol–water partition coefficient (Wildman–Crippen LogP) is 1.94. The van der Waals surface area contributed by atoms with Crippen molar-refractivity contribution in [3.8, 4) is 6.07 Å². The molecule has 4 nitrogen and oxygen atoms in total. The summed E-state index contributed by atoms with van der Waals surface area (Å²) in [4.78, 5) is 11.2. The Morgan fingerprint density at radius 3 is 2.71 bits per heavy atom. The summed E-state index contributed by atoms with van der Waals surface area (Å²) < 4.78 is 4.82. The molecule has 0 saturated carbocycles. The molecule has 5 heteroatoms. The van der Waals surface area contributed by atoms with Crippen LogP contribution in [0.5, 0.6) is 0 Å². The van der Waals surface area contributed by atoms with E-state index >= 15 is 0 Å². The lowest BCUT2D eigenvalue weighted by molar-refractivity contribution is -0.144. The van der Waals surface area contributed by atoms with Crippen LogP contribution < -0.4 is 5.73 Å². The van der Waals surface area contributed by atoms with Crippen molar-refractivity contribution < 1.29 is 9.53 Å². The van der Waals surface area contributed by atoms with Crippen molar-refractivity contribution in [3.63, 3.8) is 0 Å². The topological polar surface area (TPSA) is 76.1 Å². The number of carbonyl (C=O) groups is 1. The van der Waals surface area contributed by atoms with E-state index in [1.807, 2.05) is 13.8 Å². The molecule has 0 aliphatic heterocycles. The molecule has 0 aromatic carbocycles. The Bertz CT molecular complexity index is 274. The number of nitriles is 1. The fraction of sp³-hybridized carbons (Fsp3) is 0.833. The first-order chi connectivity index (χ1) is 7.93. The molecule has 2 N–H and O–H groups in total. The van der Waals surface area contributed by atoms with E-state index in [2.05, 4.69) is 6.07 Å². The van der Waals surface area contributed by atoms with E-state index in [0.717, 1.165) is 17.9 Å². The highest BCUT2D eigenvalue weighted by molar-refractivity contribution is 7.99. The van der Waals surface area contributed by atoms with Crippen molar-refractivity contribution in [2.24, 2.45) is 11.1 Å². The highest BCUT2D eigenvalue weighted by atomic mass is 32.2. The van der Waals surface area contributed by atoms with Crippen molar-refractivity contribution in [2.45, 2.75) is 39.7 Å². The van der Waals surface area contributed by atoms with Crippen LogP contribution in [-0.4, -0.2) is 30.1 Å². The maximum absolute atomic E-state index is 11.2. The molecule has 0 aromatic rings. The maximum atomic E-state index is 11.2. The Morgan fingerprint density at radius 1 is 1.53 bits per heavy atom. The zero-order valence-corrected chi connectivity index (χ0v) is 11.7. The fourth-order valence-electron chi connectivity index (χ4n) is 1.06. The summed E-state index contributed by atoms with van der Waals surface area (Å²) in [6.45, 7) is 6.00. The lowest BCUT2D eigenvalue weighted by Crippen LogP contribution is -2.32. The van der Waals surface area contributed by atoms with Gasteiger partial charge in [-0.25, -0.2) is 0 Å². The lowest BCUT2D eigenvalue weighted by atomic mass is 9.93. The Balaban J connectivity index is 3.59. The van der Waals surface area contributed by atoms with Gasteiger partial charge < -0.3 is 10.5 Å². The number of rotatable bonds is 8. The summed E-state index contributed by atoms with van der Waals surface area (Å²) in [5.74, 6) is 1.41. The number of esters is 1. The van der Waals surface area contributed by atoms with Crippen LogP contribution in [0.4, 0.5) is 0 Å². The first-order valence-electron chi connectivity index (χ1n) is 5.84. The second-order valence-electron chi connectivity index (χ2n) is 4.51. The summed E-state index contributed by atoms with van der Waals surface area (Å²) in [5.41, 5.74) is 5.39. The molecule has 98 valence electrons. The Kier molecular flexibility index (Phi) is 8.01. The second-order valence-corrected chi connectivity index (χ2v) is 5.73. The van der Waals surface area contributed by atoms with E-state index in [1.165, 1.54) is 0 Å². The van der Waals surface area contributed by atoms with Crippen LogP contribution >= 0.6 is 11.8 Å². The summed E-state index contributed by atoms with van der Waals surface area (Å²) in [6.07, 6.45) is 1.47. The van der Waals surface area contributed by atoms with Crippen LogP contribution in [-0.2, 0) is 9.53 Å². The smallest absolute Gasteiger partial charge is 0.322 e. The maximum Gasteiger partial charge on any atom is 0.322 e. The van der Waals surface area contributed by atoms with Gasteiger partial charge in [-0.2, -0.15) is 17.0 Å². The predicted molar refractivity (Wildman–Crippen MR) is 70.6 cm³/mol. The summed E-state index contributed by atoms with van der Waals surface area (Å²) >= 11 is 1.72. The third kappa shape index (κ3) is 8.06. The number of thioether (sulfide) groups is 1. The van der Waals surface area contributed by atoms with Gasteiger partial charge in [-0.05, 0) is 45.1 Å². The van der Waals surface area contributed by atoms with E-state index in [-0.39, 0.29) is 11.4 Å². The van der Waals surface area contributed by atoms with Gasteiger partial charge in [0.05, 0.1) is 18.1 Å². The molecule has 0 rings (SSSR count). The minimum absolute atomic E-state index is 0.268. The van der Waals surface area contributed by atoms with E-state index in [4.69, 9.17) is 15.7 Å². The van der Waals surface area contributed by atoms with Crippen molar-refractivity contribution >= 4 is 17.7 Å². The van der Waals surface area contributed by atoms with Crippen LogP contribution in [0.15, 0.2) is 0 Å². The van der Waals surface area contributed by atoms with Gasteiger partial charge in [-0.3, -0.25) is 4.79 Å². The molecule has 0 radical (unpaired) electrons. The van der Waals surface area contributed by atoms with Gasteiger partial charge >= 0.3 is 5.97 Å². The zero-order chi connectivity index (χ0) is 13.3. The molecule has 1 unspecified atom stereocenters. The first-order valence-corrected chi connectivity index (χ1v) is 6.99. The third-order valence-corrected chi connectivity index (χ3v) is 3.35. The molecule has 0 bridgehead atoms. The molecule has 17 heavy (non-hydrogen) atoms. The average molecular weight is 258 g/mol. The van der Waals surface area contributed by atoms with Gasteiger partial charge in [0.25, 0.3) is 0 Å². The molecule has 1 atom stereocenters. The van der Waals surface area contributed by atoms with E-state index in [1.54, 1.807) is 18.7 Å². The third-order valence-electron chi connectivity index (χ3n) is 2.34. The molecule has 0 spiro atoms. The van der Waals surface area contributed by atoms with Crippen molar-refractivity contribution in [1.29, 1.82) is 5.26 Å². The van der Waals surface area contributed by atoms with Crippen molar-refractivity contribution in [2.75, 3.05) is 18.1 Å². The molecule has 0 aliphatic rings. The lowest BCUT2D eigenvalue weighted by Gasteiger charge is -2.14. The Labute approximate surface area is 108 Å². The van der Waals surface area contributed by atoms with Gasteiger partial charge in [0.2, 0.25) is 0 Å². The quantitative estimate of drug-likeness (QED) is 0.532. The molecule has 0 saturated heterocycles. The van der Waals surface area contributed by atoms with Gasteiger partial charge in [-0.1, -0.05) is 0 Å². The van der Waals surface area contributed by atoms with Gasteiger partial charge in [0, 0.05) is 0 Å². The molecule has 0 amide bonds. The van der Waals surface area contributed by atoms with E-state index < -0.39 is 6.04 Å². The number of nitrogens with zero attached hydrogens (tertiary/aromatic N) is 1. The van der Waals surface area contributed by atoms with Crippen LogP contribution in [0.25, 0.3) is 0 Å². The molecule has 0 aliphatic carbocycles. The Morgan fingerprint density at radius 2 is 2.18 bits per heavy atom. The summed E-state index contributed by atoms with van der Waals surface area (Å²) in [7, 11) is 0. The van der Waals surface area contributed by atoms with Crippen LogP contribution in [0.3, 0.4) is 0 Å². The number of hydrogen-bond acceptors (Lipinski definition) is 5. The largest absolute Gasteiger partial charge is 0.465 e. The van der Waals surface area contributed by atoms with Crippen LogP contribution in [0, 0.1) is 16.7 Å². The van der Waals surface area contributed by atoms with Gasteiger partial charge in [0.1, 0.15) is 6.04 Å². The van der Waals surface area contributed by atoms with E-state index in [0.29, 0.717) is 13.0 Å². The first kappa shape index (κ1) is 16.3. The van der Waals surface area contributed by atoms with Gasteiger partial charge in [0.15, 0.2) is 0 Å². The fourth-order valence-corrected chi connectivity index (χ4v) is 2.34. The molecular formula is C12H22N2O2S. The highest BCUT2D eigenvalue weighted by Crippen LogP contribution is 2.21. The minimum Gasteiger partial charge on any atom is -0.465 e. The monoisotopic (exact) mass is 258 g/mol. The highest BCUT2D eigenvalue weighted by Gasteiger charge is 2.17. The summed E-state index contributed by atoms with van der Waals surface area (Å²) in [5, 5.41) is 8.83. The Hall–Kier alpha value is -0.730. The van der Waals surface area contributed by atoms with Crippen molar-refractivity contribution in [1.82, 2.24) is 0 Å². The zero-order valence-electron chi connectivity index (χ0n) is 10.9. The van der Waals surface area contributed by atoms with Crippen LogP contribution in [0.2, 0.25) is 0 Å².